The molecule has 27 heavy (non-hydrogen) atoms. The van der Waals surface area contributed by atoms with Gasteiger partial charge in [-0.1, -0.05) is 24.3 Å². The number of nitrogens with zero attached hydrogens (tertiary/aromatic N) is 2. The lowest BCUT2D eigenvalue weighted by Crippen LogP contribution is -2.31. The van der Waals surface area contributed by atoms with E-state index in [1.807, 2.05) is 24.3 Å². The van der Waals surface area contributed by atoms with Crippen molar-refractivity contribution in [3.63, 3.8) is 0 Å². The number of fused-ring (bicyclic) bond motifs is 1. The highest BCUT2D eigenvalue weighted by atomic mass is 16.5. The Labute approximate surface area is 157 Å². The Morgan fingerprint density at radius 1 is 1.15 bits per heavy atom. The van der Waals surface area contributed by atoms with Gasteiger partial charge in [0.15, 0.2) is 0 Å². The maximum atomic E-state index is 12.4. The number of hydrogen-bond acceptors (Lipinski definition) is 4. The maximum Gasteiger partial charge on any atom is 0.323 e. The lowest BCUT2D eigenvalue weighted by atomic mass is 10.1. The van der Waals surface area contributed by atoms with Gasteiger partial charge in [-0.2, -0.15) is 0 Å². The average molecular weight is 366 g/mol. The molecule has 0 bridgehead atoms. The van der Waals surface area contributed by atoms with E-state index in [1.54, 1.807) is 17.0 Å². The van der Waals surface area contributed by atoms with Crippen LogP contribution in [-0.4, -0.2) is 41.6 Å². The van der Waals surface area contributed by atoms with E-state index in [-0.39, 0.29) is 11.9 Å². The third-order valence-electron chi connectivity index (χ3n) is 4.96. The van der Waals surface area contributed by atoms with Crippen LogP contribution >= 0.6 is 0 Å². The average Bonchev–Trinajstić information content (AvgIpc) is 3.36. The van der Waals surface area contributed by atoms with Gasteiger partial charge >= 0.3 is 6.03 Å². The Bertz CT molecular complexity index is 806. The number of pyridine rings is 1. The fraction of sp³-hybridized carbons (Fsp3) is 0.350. The van der Waals surface area contributed by atoms with E-state index in [2.05, 4.69) is 15.6 Å². The number of rotatable bonds is 4. The second-order valence-corrected chi connectivity index (χ2v) is 6.93. The van der Waals surface area contributed by atoms with E-state index in [9.17, 15) is 9.59 Å². The van der Waals surface area contributed by atoms with Crippen LogP contribution in [0.5, 0.6) is 0 Å². The fourth-order valence-electron chi connectivity index (χ4n) is 3.35. The molecule has 140 valence electrons. The van der Waals surface area contributed by atoms with Crippen LogP contribution in [0.25, 0.3) is 0 Å². The normalized spacial score (nSPS) is 18.2. The molecule has 2 N–H and O–H groups in total. The second kappa shape index (κ2) is 7.75. The molecular weight excluding hydrogens is 344 g/mol. The summed E-state index contributed by atoms with van der Waals surface area (Å²) in [5, 5.41) is 5.69. The summed E-state index contributed by atoms with van der Waals surface area (Å²) in [6.45, 7) is 3.25. The lowest BCUT2D eigenvalue weighted by Gasteiger charge is -2.16. The minimum absolute atomic E-state index is 0.165. The van der Waals surface area contributed by atoms with E-state index in [4.69, 9.17) is 4.74 Å². The zero-order chi connectivity index (χ0) is 18.6. The van der Waals surface area contributed by atoms with Gasteiger partial charge in [-0.3, -0.25) is 10.1 Å². The van der Waals surface area contributed by atoms with Gasteiger partial charge < -0.3 is 15.0 Å². The second-order valence-electron chi connectivity index (χ2n) is 6.93. The largest absolute Gasteiger partial charge is 0.381 e. The third-order valence-corrected chi connectivity index (χ3v) is 4.96. The van der Waals surface area contributed by atoms with E-state index in [0.29, 0.717) is 43.5 Å². The number of anilines is 1. The van der Waals surface area contributed by atoms with Crippen molar-refractivity contribution < 1.29 is 14.3 Å². The zero-order valence-corrected chi connectivity index (χ0v) is 15.0. The number of ether oxygens (including phenoxy) is 1. The number of carbonyl (C=O) groups excluding carboxylic acids is 2. The molecule has 7 heteroatoms. The molecule has 4 rings (SSSR count). The zero-order valence-electron chi connectivity index (χ0n) is 15.0. The minimum atomic E-state index is -0.197. The van der Waals surface area contributed by atoms with Gasteiger partial charge in [-0.25, -0.2) is 9.78 Å². The Morgan fingerprint density at radius 3 is 2.56 bits per heavy atom. The van der Waals surface area contributed by atoms with Crippen LogP contribution in [0, 0.1) is 5.92 Å². The molecule has 2 aliphatic heterocycles. The van der Waals surface area contributed by atoms with Crippen molar-refractivity contribution in [1.29, 1.82) is 0 Å². The van der Waals surface area contributed by atoms with Crippen LogP contribution in [0.2, 0.25) is 0 Å². The maximum absolute atomic E-state index is 12.4. The van der Waals surface area contributed by atoms with Crippen molar-refractivity contribution in [3.8, 4) is 0 Å². The van der Waals surface area contributed by atoms with Gasteiger partial charge in [0.2, 0.25) is 0 Å². The molecule has 1 fully saturated rings. The molecule has 3 heterocycles. The minimum Gasteiger partial charge on any atom is -0.381 e. The molecule has 1 aromatic carbocycles. The lowest BCUT2D eigenvalue weighted by molar-refractivity contribution is 0.0944. The third kappa shape index (κ3) is 4.09. The summed E-state index contributed by atoms with van der Waals surface area (Å²) >= 11 is 0. The molecule has 2 aliphatic rings. The van der Waals surface area contributed by atoms with Crippen molar-refractivity contribution in [2.24, 2.45) is 5.92 Å². The van der Waals surface area contributed by atoms with Crippen molar-refractivity contribution in [3.05, 3.63) is 59.3 Å². The van der Waals surface area contributed by atoms with Crippen molar-refractivity contribution in [1.82, 2.24) is 15.2 Å². The molecule has 2 aromatic rings. The topological polar surface area (TPSA) is 83.6 Å². The first-order chi connectivity index (χ1) is 13.2. The van der Waals surface area contributed by atoms with Crippen LogP contribution in [0.1, 0.15) is 27.9 Å². The summed E-state index contributed by atoms with van der Waals surface area (Å²) in [5.41, 5.74) is 2.81. The molecule has 0 radical (unpaired) electrons. The van der Waals surface area contributed by atoms with E-state index in [0.717, 1.165) is 13.0 Å². The fourth-order valence-corrected chi connectivity index (χ4v) is 3.35. The standard InChI is InChI=1S/C20H22N4O3/c25-19(22-9-14-7-8-27-13-14)15-5-6-18(21-10-15)23-20(26)24-11-16-3-1-2-4-17(16)12-24/h1-6,10,14H,7-9,11-13H2,(H,22,25)(H,21,23,26). The first-order valence-electron chi connectivity index (χ1n) is 9.14. The van der Waals surface area contributed by atoms with Crippen molar-refractivity contribution >= 4 is 17.8 Å². The predicted octanol–water partition coefficient (Wildman–Crippen LogP) is 2.40. The molecule has 0 spiro atoms. The monoisotopic (exact) mass is 366 g/mol. The summed E-state index contributed by atoms with van der Waals surface area (Å²) in [6.07, 6.45) is 2.46. The molecule has 1 atom stereocenters. The Balaban J connectivity index is 1.30. The highest BCUT2D eigenvalue weighted by Gasteiger charge is 2.23. The number of urea groups is 1. The number of aromatic nitrogens is 1. The molecule has 1 aromatic heterocycles. The highest BCUT2D eigenvalue weighted by Crippen LogP contribution is 2.22. The number of carbonyl (C=O) groups is 2. The van der Waals surface area contributed by atoms with Gasteiger partial charge in [0.05, 0.1) is 12.2 Å². The Hall–Kier alpha value is -2.93. The smallest absolute Gasteiger partial charge is 0.323 e. The van der Waals surface area contributed by atoms with E-state index in [1.165, 1.54) is 17.3 Å². The molecule has 1 unspecified atom stereocenters. The van der Waals surface area contributed by atoms with Gasteiger partial charge in [-0.05, 0) is 29.7 Å². The van der Waals surface area contributed by atoms with Gasteiger partial charge in [0, 0.05) is 38.4 Å². The Kier molecular flexibility index (Phi) is 5.02. The summed E-state index contributed by atoms with van der Waals surface area (Å²) in [7, 11) is 0. The van der Waals surface area contributed by atoms with Crippen LogP contribution in [0.4, 0.5) is 10.6 Å². The van der Waals surface area contributed by atoms with Gasteiger partial charge in [0.1, 0.15) is 5.82 Å². The molecule has 7 nitrogen and oxygen atoms in total. The predicted molar refractivity (Wildman–Crippen MR) is 100 cm³/mol. The first kappa shape index (κ1) is 17.5. The molecular formula is C20H22N4O3. The van der Waals surface area contributed by atoms with E-state index >= 15 is 0 Å². The molecule has 0 aliphatic carbocycles. The summed E-state index contributed by atoms with van der Waals surface area (Å²) < 4.78 is 5.30. The highest BCUT2D eigenvalue weighted by molar-refractivity contribution is 5.94. The van der Waals surface area contributed by atoms with Crippen LogP contribution in [-0.2, 0) is 17.8 Å². The van der Waals surface area contributed by atoms with Crippen molar-refractivity contribution in [2.75, 3.05) is 25.1 Å². The summed E-state index contributed by atoms with van der Waals surface area (Å²) in [6, 6.07) is 11.1. The van der Waals surface area contributed by atoms with Crippen LogP contribution in [0.15, 0.2) is 42.6 Å². The molecule has 0 saturated carbocycles. The number of hydrogen-bond donors (Lipinski definition) is 2. The van der Waals surface area contributed by atoms with Crippen LogP contribution < -0.4 is 10.6 Å². The summed E-state index contributed by atoms with van der Waals surface area (Å²) in [5.74, 6) is 0.643. The number of nitrogens with one attached hydrogen (secondary N) is 2. The van der Waals surface area contributed by atoms with Crippen LogP contribution in [0.3, 0.4) is 0 Å². The summed E-state index contributed by atoms with van der Waals surface area (Å²) in [4.78, 5) is 30.5. The SMILES string of the molecule is O=C(NCC1CCOC1)c1ccc(NC(=O)N2Cc3ccccc3C2)nc1. The number of benzene rings is 1. The Morgan fingerprint density at radius 2 is 1.93 bits per heavy atom. The molecule has 3 amide bonds. The first-order valence-corrected chi connectivity index (χ1v) is 9.14. The molecule has 1 saturated heterocycles. The van der Waals surface area contributed by atoms with Gasteiger partial charge in [0.25, 0.3) is 5.91 Å². The quantitative estimate of drug-likeness (QED) is 0.870. The van der Waals surface area contributed by atoms with Crippen molar-refractivity contribution in [2.45, 2.75) is 19.5 Å². The number of amides is 3. The van der Waals surface area contributed by atoms with Gasteiger partial charge in [-0.15, -0.1) is 0 Å². The van der Waals surface area contributed by atoms with E-state index < -0.39 is 0 Å².